The van der Waals surface area contributed by atoms with Gasteiger partial charge in [0.1, 0.15) is 0 Å². The second-order valence-corrected chi connectivity index (χ2v) is 5.24. The molecule has 1 N–H and O–H groups in total. The molecule has 0 amide bonds. The smallest absolute Gasteiger partial charge is 0.0994 e. The van der Waals surface area contributed by atoms with Crippen molar-refractivity contribution in [3.63, 3.8) is 0 Å². The summed E-state index contributed by atoms with van der Waals surface area (Å²) >= 11 is 0. The number of rotatable bonds is 3. The van der Waals surface area contributed by atoms with Gasteiger partial charge in [0.25, 0.3) is 0 Å². The van der Waals surface area contributed by atoms with Gasteiger partial charge in [0.15, 0.2) is 0 Å². The van der Waals surface area contributed by atoms with Crippen LogP contribution >= 0.6 is 0 Å². The van der Waals surface area contributed by atoms with E-state index in [0.717, 1.165) is 19.5 Å². The molecule has 1 fully saturated rings. The molecule has 3 heteroatoms. The fraction of sp³-hybridized carbons (Fsp3) is 0.438. The predicted molar refractivity (Wildman–Crippen MR) is 77.8 cm³/mol. The number of aryl methyl sites for hydroxylation is 1. The minimum absolute atomic E-state index is 0.633. The maximum Gasteiger partial charge on any atom is 0.0994 e. The Balaban J connectivity index is 1.94. The van der Waals surface area contributed by atoms with Crippen molar-refractivity contribution < 1.29 is 0 Å². The molecule has 0 atom stereocenters. The summed E-state index contributed by atoms with van der Waals surface area (Å²) in [5, 5.41) is 3.42. The molecule has 1 saturated heterocycles. The normalized spacial score (nSPS) is 16.7. The van der Waals surface area contributed by atoms with Crippen molar-refractivity contribution in [2.75, 3.05) is 13.1 Å². The Bertz CT molecular complexity index is 538. The monoisotopic (exact) mass is 255 g/mol. The highest BCUT2D eigenvalue weighted by Gasteiger charge is 2.19. The third kappa shape index (κ3) is 2.56. The third-order valence-electron chi connectivity index (χ3n) is 4.02. The van der Waals surface area contributed by atoms with Crippen LogP contribution in [0.15, 0.2) is 36.8 Å². The molecule has 3 rings (SSSR count). The fourth-order valence-corrected chi connectivity index (χ4v) is 2.87. The van der Waals surface area contributed by atoms with Gasteiger partial charge in [-0.2, -0.15) is 0 Å². The highest BCUT2D eigenvalue weighted by Crippen LogP contribution is 2.27. The first-order chi connectivity index (χ1) is 9.38. The number of aromatic nitrogens is 2. The Hall–Kier alpha value is -1.61. The second kappa shape index (κ2) is 5.57. The van der Waals surface area contributed by atoms with Gasteiger partial charge >= 0.3 is 0 Å². The SMILES string of the molecule is CCc1cccc(-n2cncc2C2CCNCC2)c1. The lowest BCUT2D eigenvalue weighted by Gasteiger charge is -2.23. The van der Waals surface area contributed by atoms with Crippen LogP contribution < -0.4 is 5.32 Å². The van der Waals surface area contributed by atoms with Gasteiger partial charge in [-0.05, 0) is 50.0 Å². The van der Waals surface area contributed by atoms with E-state index in [-0.39, 0.29) is 0 Å². The van der Waals surface area contributed by atoms with Crippen LogP contribution in [0, 0.1) is 0 Å². The zero-order valence-electron chi connectivity index (χ0n) is 11.5. The van der Waals surface area contributed by atoms with Crippen molar-refractivity contribution in [3.05, 3.63) is 48.0 Å². The van der Waals surface area contributed by atoms with Gasteiger partial charge in [-0.25, -0.2) is 4.98 Å². The zero-order chi connectivity index (χ0) is 13.1. The molecule has 1 aliphatic rings. The fourth-order valence-electron chi connectivity index (χ4n) is 2.87. The van der Waals surface area contributed by atoms with Crippen molar-refractivity contribution in [2.45, 2.75) is 32.1 Å². The molecule has 19 heavy (non-hydrogen) atoms. The quantitative estimate of drug-likeness (QED) is 0.914. The summed E-state index contributed by atoms with van der Waals surface area (Å²) in [6.45, 7) is 4.43. The standard InChI is InChI=1S/C16H21N3/c1-2-13-4-3-5-15(10-13)19-12-18-11-16(19)14-6-8-17-9-7-14/h3-5,10-12,14,17H,2,6-9H2,1H3. The molecule has 1 aliphatic heterocycles. The average Bonchev–Trinajstić information content (AvgIpc) is 2.98. The molecule has 1 aromatic heterocycles. The van der Waals surface area contributed by atoms with Gasteiger partial charge in [-0.3, -0.25) is 0 Å². The minimum atomic E-state index is 0.633. The van der Waals surface area contributed by atoms with Crippen molar-refractivity contribution in [1.29, 1.82) is 0 Å². The van der Waals surface area contributed by atoms with Crippen molar-refractivity contribution in [3.8, 4) is 5.69 Å². The van der Waals surface area contributed by atoms with Gasteiger partial charge in [0.2, 0.25) is 0 Å². The Morgan fingerprint density at radius 3 is 2.95 bits per heavy atom. The average molecular weight is 255 g/mol. The zero-order valence-corrected chi connectivity index (χ0v) is 11.5. The van der Waals surface area contributed by atoms with Gasteiger partial charge in [-0.1, -0.05) is 19.1 Å². The van der Waals surface area contributed by atoms with Crippen molar-refractivity contribution in [1.82, 2.24) is 14.9 Å². The van der Waals surface area contributed by atoms with E-state index in [0.29, 0.717) is 5.92 Å². The summed E-state index contributed by atoms with van der Waals surface area (Å²) in [6, 6.07) is 8.77. The first-order valence-corrected chi connectivity index (χ1v) is 7.20. The molecular weight excluding hydrogens is 234 g/mol. The van der Waals surface area contributed by atoms with Crippen LogP contribution in [0.1, 0.15) is 36.9 Å². The summed E-state index contributed by atoms with van der Waals surface area (Å²) < 4.78 is 2.26. The summed E-state index contributed by atoms with van der Waals surface area (Å²) in [6.07, 6.45) is 7.48. The Morgan fingerprint density at radius 2 is 2.16 bits per heavy atom. The number of piperidine rings is 1. The number of imidazole rings is 1. The second-order valence-electron chi connectivity index (χ2n) is 5.24. The topological polar surface area (TPSA) is 29.9 Å². The molecule has 0 spiro atoms. The van der Waals surface area contributed by atoms with E-state index in [2.05, 4.69) is 46.1 Å². The Labute approximate surface area is 114 Å². The van der Waals surface area contributed by atoms with Gasteiger partial charge < -0.3 is 9.88 Å². The third-order valence-corrected chi connectivity index (χ3v) is 4.02. The molecule has 2 aromatic rings. The van der Waals surface area contributed by atoms with Gasteiger partial charge in [0, 0.05) is 23.5 Å². The molecule has 0 aliphatic carbocycles. The maximum atomic E-state index is 4.37. The van der Waals surface area contributed by atoms with E-state index < -0.39 is 0 Å². The summed E-state index contributed by atoms with van der Waals surface area (Å²) in [5.74, 6) is 0.633. The first-order valence-electron chi connectivity index (χ1n) is 7.20. The van der Waals surface area contributed by atoms with Crippen LogP contribution in [-0.2, 0) is 6.42 Å². The number of hydrogen-bond acceptors (Lipinski definition) is 2. The molecule has 0 radical (unpaired) electrons. The lowest BCUT2D eigenvalue weighted by molar-refractivity contribution is 0.449. The van der Waals surface area contributed by atoms with E-state index >= 15 is 0 Å². The lowest BCUT2D eigenvalue weighted by Crippen LogP contribution is -2.27. The Kier molecular flexibility index (Phi) is 3.65. The van der Waals surface area contributed by atoms with Crippen molar-refractivity contribution in [2.24, 2.45) is 0 Å². The van der Waals surface area contributed by atoms with E-state index in [1.165, 1.54) is 29.8 Å². The van der Waals surface area contributed by atoms with Crippen LogP contribution in [0.4, 0.5) is 0 Å². The highest BCUT2D eigenvalue weighted by atomic mass is 15.1. The van der Waals surface area contributed by atoms with Crippen LogP contribution in [-0.4, -0.2) is 22.6 Å². The number of nitrogens with one attached hydrogen (secondary N) is 1. The largest absolute Gasteiger partial charge is 0.317 e. The molecule has 100 valence electrons. The minimum Gasteiger partial charge on any atom is -0.317 e. The summed E-state index contributed by atoms with van der Waals surface area (Å²) in [4.78, 5) is 4.37. The van der Waals surface area contributed by atoms with Gasteiger partial charge in [-0.15, -0.1) is 0 Å². The lowest BCUT2D eigenvalue weighted by atomic mass is 9.95. The molecule has 0 saturated carbocycles. The van der Waals surface area contributed by atoms with E-state index in [4.69, 9.17) is 0 Å². The number of hydrogen-bond donors (Lipinski definition) is 1. The van der Waals surface area contributed by atoms with E-state index in [1.54, 1.807) is 0 Å². The molecule has 0 unspecified atom stereocenters. The predicted octanol–water partition coefficient (Wildman–Crippen LogP) is 2.90. The molecule has 0 bridgehead atoms. The van der Waals surface area contributed by atoms with Crippen LogP contribution in [0.2, 0.25) is 0 Å². The number of benzene rings is 1. The van der Waals surface area contributed by atoms with E-state index in [1.807, 2.05) is 12.5 Å². The maximum absolute atomic E-state index is 4.37. The van der Waals surface area contributed by atoms with E-state index in [9.17, 15) is 0 Å². The van der Waals surface area contributed by atoms with Crippen molar-refractivity contribution >= 4 is 0 Å². The molecule has 2 heterocycles. The summed E-state index contributed by atoms with van der Waals surface area (Å²) in [7, 11) is 0. The van der Waals surface area contributed by atoms with Crippen LogP contribution in [0.5, 0.6) is 0 Å². The highest BCUT2D eigenvalue weighted by molar-refractivity contribution is 5.38. The molecule has 3 nitrogen and oxygen atoms in total. The van der Waals surface area contributed by atoms with Gasteiger partial charge in [0.05, 0.1) is 6.33 Å². The van der Waals surface area contributed by atoms with Crippen LogP contribution in [0.25, 0.3) is 5.69 Å². The Morgan fingerprint density at radius 1 is 1.32 bits per heavy atom. The number of nitrogens with zero attached hydrogens (tertiary/aromatic N) is 2. The first kappa shape index (κ1) is 12.4. The summed E-state index contributed by atoms with van der Waals surface area (Å²) in [5.41, 5.74) is 3.97. The molecule has 1 aromatic carbocycles. The molecular formula is C16H21N3. The van der Waals surface area contributed by atoms with Crippen LogP contribution in [0.3, 0.4) is 0 Å².